The largest absolute Gasteiger partial charge is 0.384 e. The normalized spacial score (nSPS) is 9.75. The van der Waals surface area contributed by atoms with Crippen LogP contribution in [-0.4, -0.2) is 17.6 Å². The second-order valence-electron chi connectivity index (χ2n) is 3.74. The number of carbonyl (C=O) groups is 1. The molecule has 0 aliphatic heterocycles. The lowest BCUT2D eigenvalue weighted by atomic mass is 10.2. The van der Waals surface area contributed by atoms with Crippen LogP contribution in [0.1, 0.15) is 15.2 Å². The van der Waals surface area contributed by atoms with Crippen LogP contribution in [0.25, 0.3) is 0 Å². The second kappa shape index (κ2) is 6.28. The summed E-state index contributed by atoms with van der Waals surface area (Å²) in [6.07, 6.45) is 0. The molecule has 1 heterocycles. The molecule has 0 radical (unpaired) electrons. The van der Waals surface area contributed by atoms with Crippen molar-refractivity contribution in [3.05, 3.63) is 51.7 Å². The van der Waals surface area contributed by atoms with Crippen LogP contribution in [0.2, 0.25) is 0 Å². The number of thiophene rings is 1. The first-order chi connectivity index (χ1) is 9.60. The predicted octanol–water partition coefficient (Wildman–Crippen LogP) is 2.62. The Bertz CT molecular complexity index is 701. The van der Waals surface area contributed by atoms with E-state index in [2.05, 4.69) is 17.2 Å². The molecule has 0 spiro atoms. The zero-order valence-electron chi connectivity index (χ0n) is 10.1. The van der Waals surface area contributed by atoms with Crippen molar-refractivity contribution in [2.24, 2.45) is 0 Å². The number of aliphatic hydroxyl groups is 1. The van der Waals surface area contributed by atoms with Gasteiger partial charge in [-0.1, -0.05) is 11.8 Å². The molecular formula is C14H9F2NO2S. The molecule has 2 rings (SSSR count). The molecule has 3 nitrogen and oxygen atoms in total. The lowest BCUT2D eigenvalue weighted by molar-refractivity contribution is 0.102. The summed E-state index contributed by atoms with van der Waals surface area (Å²) >= 11 is 1.24. The maximum absolute atomic E-state index is 13.4. The molecule has 6 heteroatoms. The van der Waals surface area contributed by atoms with E-state index in [4.69, 9.17) is 5.11 Å². The highest BCUT2D eigenvalue weighted by Crippen LogP contribution is 2.18. The van der Waals surface area contributed by atoms with Gasteiger partial charge in [0.25, 0.3) is 5.91 Å². The number of anilines is 1. The third-order valence-corrected chi connectivity index (χ3v) is 3.18. The molecule has 0 unspecified atom stereocenters. The summed E-state index contributed by atoms with van der Waals surface area (Å²) in [5.41, 5.74) is 0.228. The smallest absolute Gasteiger partial charge is 0.256 e. The average Bonchev–Trinajstić information content (AvgIpc) is 2.88. The second-order valence-corrected chi connectivity index (χ2v) is 4.65. The van der Waals surface area contributed by atoms with Gasteiger partial charge in [-0.15, -0.1) is 11.3 Å². The van der Waals surface area contributed by atoms with Crippen LogP contribution in [0, 0.1) is 23.5 Å². The fourth-order valence-corrected chi connectivity index (χ4v) is 2.19. The Labute approximate surface area is 117 Å². The maximum Gasteiger partial charge on any atom is 0.256 e. The van der Waals surface area contributed by atoms with Gasteiger partial charge in [-0.3, -0.25) is 4.79 Å². The first-order valence-corrected chi connectivity index (χ1v) is 6.43. The van der Waals surface area contributed by atoms with Crippen molar-refractivity contribution in [1.82, 2.24) is 0 Å². The standard InChI is InChI=1S/C14H9F2NO2S/c15-10-3-4-13(12(16)7-10)17-14(19)9-6-11(20-8-9)2-1-5-18/h3-4,6-8,18H,5H2,(H,17,19). The van der Waals surface area contributed by atoms with Crippen molar-refractivity contribution >= 4 is 22.9 Å². The van der Waals surface area contributed by atoms with Gasteiger partial charge in [-0.2, -0.15) is 0 Å². The van der Waals surface area contributed by atoms with E-state index in [0.717, 1.165) is 12.1 Å². The molecule has 0 atom stereocenters. The number of amides is 1. The van der Waals surface area contributed by atoms with E-state index in [-0.39, 0.29) is 12.3 Å². The molecule has 0 aliphatic carbocycles. The highest BCUT2D eigenvalue weighted by atomic mass is 32.1. The zero-order valence-corrected chi connectivity index (χ0v) is 10.9. The lowest BCUT2D eigenvalue weighted by Crippen LogP contribution is -2.12. The molecule has 1 amide bonds. The Balaban J connectivity index is 2.13. The monoisotopic (exact) mass is 293 g/mol. The molecule has 102 valence electrons. The summed E-state index contributed by atoms with van der Waals surface area (Å²) in [5.74, 6) is 3.07. The lowest BCUT2D eigenvalue weighted by Gasteiger charge is -2.04. The molecule has 0 saturated carbocycles. The van der Waals surface area contributed by atoms with Gasteiger partial charge in [0, 0.05) is 11.4 Å². The van der Waals surface area contributed by atoms with Crippen LogP contribution in [0.5, 0.6) is 0 Å². The van der Waals surface area contributed by atoms with E-state index in [0.29, 0.717) is 16.5 Å². The van der Waals surface area contributed by atoms with Gasteiger partial charge in [-0.25, -0.2) is 8.78 Å². The third kappa shape index (κ3) is 3.41. The van der Waals surface area contributed by atoms with Crippen LogP contribution in [0.15, 0.2) is 29.6 Å². The number of benzene rings is 1. The maximum atomic E-state index is 13.4. The quantitative estimate of drug-likeness (QED) is 0.836. The van der Waals surface area contributed by atoms with Gasteiger partial charge in [-0.05, 0) is 18.2 Å². The van der Waals surface area contributed by atoms with Gasteiger partial charge < -0.3 is 10.4 Å². The fraction of sp³-hybridized carbons (Fsp3) is 0.0714. The predicted molar refractivity (Wildman–Crippen MR) is 72.6 cm³/mol. The van der Waals surface area contributed by atoms with Gasteiger partial charge >= 0.3 is 0 Å². The minimum atomic E-state index is -0.839. The van der Waals surface area contributed by atoms with Crippen molar-refractivity contribution in [3.63, 3.8) is 0 Å². The first-order valence-electron chi connectivity index (χ1n) is 5.55. The Morgan fingerprint density at radius 3 is 2.85 bits per heavy atom. The average molecular weight is 293 g/mol. The summed E-state index contributed by atoms with van der Waals surface area (Å²) in [6.45, 7) is -0.264. The number of halogens is 2. The van der Waals surface area contributed by atoms with Crippen molar-refractivity contribution < 1.29 is 18.7 Å². The molecule has 20 heavy (non-hydrogen) atoms. The number of hydrogen-bond donors (Lipinski definition) is 2. The van der Waals surface area contributed by atoms with E-state index in [9.17, 15) is 13.6 Å². The molecule has 0 fully saturated rings. The third-order valence-electron chi connectivity index (χ3n) is 2.33. The molecule has 1 aromatic carbocycles. The van der Waals surface area contributed by atoms with Crippen molar-refractivity contribution in [2.75, 3.05) is 11.9 Å². The number of hydrogen-bond acceptors (Lipinski definition) is 3. The molecule has 0 aliphatic rings. The summed E-state index contributed by atoms with van der Waals surface area (Å²) in [7, 11) is 0. The molecule has 2 N–H and O–H groups in total. The molecule has 1 aromatic heterocycles. The van der Waals surface area contributed by atoms with Crippen molar-refractivity contribution in [3.8, 4) is 11.8 Å². The fourth-order valence-electron chi connectivity index (χ4n) is 1.43. The van der Waals surface area contributed by atoms with Crippen molar-refractivity contribution in [2.45, 2.75) is 0 Å². The molecule has 2 aromatic rings. The molecular weight excluding hydrogens is 284 g/mol. The number of aliphatic hydroxyl groups excluding tert-OH is 1. The summed E-state index contributed by atoms with van der Waals surface area (Å²) in [5, 5.41) is 12.5. The van der Waals surface area contributed by atoms with E-state index in [1.165, 1.54) is 17.4 Å². The zero-order chi connectivity index (χ0) is 14.5. The Morgan fingerprint density at radius 2 is 2.15 bits per heavy atom. The molecule has 0 saturated heterocycles. The van der Waals surface area contributed by atoms with E-state index >= 15 is 0 Å². The highest BCUT2D eigenvalue weighted by Gasteiger charge is 2.11. The van der Waals surface area contributed by atoms with Crippen LogP contribution in [-0.2, 0) is 0 Å². The van der Waals surface area contributed by atoms with Gasteiger partial charge in [0.15, 0.2) is 0 Å². The molecule has 0 bridgehead atoms. The van der Waals surface area contributed by atoms with Crippen LogP contribution >= 0.6 is 11.3 Å². The number of nitrogens with one attached hydrogen (secondary N) is 1. The van der Waals surface area contributed by atoms with Gasteiger partial charge in [0.2, 0.25) is 0 Å². The Kier molecular flexibility index (Phi) is 4.45. The van der Waals surface area contributed by atoms with Gasteiger partial charge in [0.1, 0.15) is 18.2 Å². The summed E-state index contributed by atoms with van der Waals surface area (Å²) in [4.78, 5) is 12.5. The minimum absolute atomic E-state index is 0.0920. The number of carbonyl (C=O) groups excluding carboxylic acids is 1. The Hall–Kier alpha value is -2.23. The summed E-state index contributed by atoms with van der Waals surface area (Å²) < 4.78 is 26.1. The topological polar surface area (TPSA) is 49.3 Å². The van der Waals surface area contributed by atoms with Crippen LogP contribution in [0.4, 0.5) is 14.5 Å². The van der Waals surface area contributed by atoms with E-state index in [1.54, 1.807) is 5.38 Å². The minimum Gasteiger partial charge on any atom is -0.384 e. The van der Waals surface area contributed by atoms with Crippen LogP contribution < -0.4 is 5.32 Å². The first kappa shape index (κ1) is 14.2. The highest BCUT2D eigenvalue weighted by molar-refractivity contribution is 7.10. The van der Waals surface area contributed by atoms with E-state index < -0.39 is 17.5 Å². The SMILES string of the molecule is O=C(Nc1ccc(F)cc1F)c1csc(C#CCO)c1. The van der Waals surface area contributed by atoms with E-state index in [1.807, 2.05) is 0 Å². The van der Waals surface area contributed by atoms with Crippen molar-refractivity contribution in [1.29, 1.82) is 0 Å². The Morgan fingerprint density at radius 1 is 1.35 bits per heavy atom. The van der Waals surface area contributed by atoms with Crippen LogP contribution in [0.3, 0.4) is 0 Å². The summed E-state index contributed by atoms with van der Waals surface area (Å²) in [6, 6.07) is 4.44. The number of rotatable bonds is 2. The van der Waals surface area contributed by atoms with Gasteiger partial charge in [0.05, 0.1) is 16.1 Å².